The number of amides is 1. The van der Waals surface area contributed by atoms with E-state index in [0.29, 0.717) is 18.8 Å². The average Bonchev–Trinajstić information content (AvgIpc) is 3.10. The van der Waals surface area contributed by atoms with Gasteiger partial charge >= 0.3 is 0 Å². The minimum absolute atomic E-state index is 0.0667. The van der Waals surface area contributed by atoms with Gasteiger partial charge in [-0.1, -0.05) is 5.16 Å². The van der Waals surface area contributed by atoms with Gasteiger partial charge in [0, 0.05) is 19.8 Å². The molecule has 1 spiro atoms. The van der Waals surface area contributed by atoms with Crippen molar-refractivity contribution in [2.24, 2.45) is 0 Å². The Morgan fingerprint density at radius 2 is 2.47 bits per heavy atom. The topological polar surface area (TPSA) is 64.8 Å². The fourth-order valence-corrected chi connectivity index (χ4v) is 3.02. The Morgan fingerprint density at radius 3 is 3.05 bits per heavy atom. The Morgan fingerprint density at radius 1 is 1.63 bits per heavy atom. The van der Waals surface area contributed by atoms with E-state index in [1.165, 1.54) is 0 Å². The molecule has 2 fully saturated rings. The van der Waals surface area contributed by atoms with E-state index in [0.717, 1.165) is 19.4 Å². The van der Waals surface area contributed by atoms with Gasteiger partial charge in [-0.3, -0.25) is 4.79 Å². The van der Waals surface area contributed by atoms with Crippen LogP contribution < -0.4 is 0 Å². The average molecular weight is 266 g/mol. The van der Waals surface area contributed by atoms with Crippen LogP contribution in [0.25, 0.3) is 0 Å². The van der Waals surface area contributed by atoms with E-state index in [1.54, 1.807) is 25.0 Å². The smallest absolute Gasteiger partial charge is 0.292 e. The molecule has 2 aliphatic rings. The van der Waals surface area contributed by atoms with Gasteiger partial charge in [-0.15, -0.1) is 0 Å². The first-order valence-electron chi connectivity index (χ1n) is 6.54. The molecule has 0 radical (unpaired) electrons. The van der Waals surface area contributed by atoms with E-state index in [4.69, 9.17) is 14.0 Å². The van der Waals surface area contributed by atoms with E-state index >= 15 is 0 Å². The summed E-state index contributed by atoms with van der Waals surface area (Å²) in [5, 5.41) is 3.75. The second-order valence-corrected chi connectivity index (χ2v) is 5.26. The van der Waals surface area contributed by atoms with Crippen LogP contribution in [0.15, 0.2) is 10.6 Å². The molecule has 19 heavy (non-hydrogen) atoms. The summed E-state index contributed by atoms with van der Waals surface area (Å²) >= 11 is 0. The van der Waals surface area contributed by atoms with E-state index in [9.17, 15) is 4.79 Å². The van der Waals surface area contributed by atoms with Crippen molar-refractivity contribution in [2.75, 3.05) is 26.8 Å². The molecule has 0 saturated carbocycles. The molecule has 1 amide bonds. The Labute approximate surface area is 111 Å². The number of likely N-dealkylation sites (tertiary alicyclic amines) is 1. The van der Waals surface area contributed by atoms with Gasteiger partial charge in [-0.05, 0) is 19.8 Å². The molecule has 2 aliphatic heterocycles. The molecule has 0 aromatic carbocycles. The number of aromatic nitrogens is 1. The lowest BCUT2D eigenvalue weighted by Crippen LogP contribution is -2.42. The molecule has 3 rings (SSSR count). The van der Waals surface area contributed by atoms with Crippen LogP contribution >= 0.6 is 0 Å². The van der Waals surface area contributed by atoms with E-state index < -0.39 is 0 Å². The van der Waals surface area contributed by atoms with Gasteiger partial charge in [0.2, 0.25) is 5.76 Å². The molecule has 6 heteroatoms. The molecular formula is C13H18N2O4. The summed E-state index contributed by atoms with van der Waals surface area (Å²) < 4.78 is 16.4. The lowest BCUT2D eigenvalue weighted by atomic mass is 9.96. The molecule has 0 N–H and O–H groups in total. The van der Waals surface area contributed by atoms with Gasteiger partial charge in [0.25, 0.3) is 5.91 Å². The molecule has 0 unspecified atom stereocenters. The first kappa shape index (κ1) is 12.6. The van der Waals surface area contributed by atoms with Crippen molar-refractivity contribution in [3.05, 3.63) is 17.5 Å². The van der Waals surface area contributed by atoms with Crippen LogP contribution in [0.2, 0.25) is 0 Å². The summed E-state index contributed by atoms with van der Waals surface area (Å²) in [6, 6.07) is 1.66. The van der Waals surface area contributed by atoms with Crippen LogP contribution in [-0.4, -0.2) is 54.5 Å². The summed E-state index contributed by atoms with van der Waals surface area (Å²) in [6.45, 7) is 3.63. The van der Waals surface area contributed by atoms with Gasteiger partial charge < -0.3 is 18.9 Å². The first-order valence-corrected chi connectivity index (χ1v) is 6.54. The summed E-state index contributed by atoms with van der Waals surface area (Å²) in [5.41, 5.74) is 0.372. The zero-order chi connectivity index (χ0) is 13.5. The minimum atomic E-state index is -0.334. The minimum Gasteiger partial charge on any atom is -0.377 e. The molecule has 0 aliphatic carbocycles. The molecule has 1 aromatic rings. The second-order valence-electron chi connectivity index (χ2n) is 5.26. The molecule has 6 nitrogen and oxygen atoms in total. The Bertz CT molecular complexity index is 479. The quantitative estimate of drug-likeness (QED) is 0.799. The highest BCUT2D eigenvalue weighted by molar-refractivity contribution is 5.91. The third-order valence-electron chi connectivity index (χ3n) is 3.98. The molecule has 2 saturated heterocycles. The highest BCUT2D eigenvalue weighted by atomic mass is 16.6. The van der Waals surface area contributed by atoms with E-state index in [1.807, 2.05) is 0 Å². The third-order valence-corrected chi connectivity index (χ3v) is 3.98. The lowest BCUT2D eigenvalue weighted by Gasteiger charge is -2.27. The number of carbonyl (C=O) groups is 1. The number of hydrogen-bond donors (Lipinski definition) is 0. The predicted octanol–water partition coefficient (Wildman–Crippen LogP) is 1.00. The standard InChI is InChI=1S/C13H18N2O4/c1-9-6-10(19-14-9)12(16)15-7-11(17-2)13(8-15)4-3-5-18-13/h6,11H,3-5,7-8H2,1-2H3/t11-,13-/m0/s1. The number of carbonyl (C=O) groups excluding carboxylic acids is 1. The summed E-state index contributed by atoms with van der Waals surface area (Å²) in [4.78, 5) is 14.1. The van der Waals surface area contributed by atoms with Gasteiger partial charge in [0.15, 0.2) is 0 Å². The predicted molar refractivity (Wildman–Crippen MR) is 65.9 cm³/mol. The zero-order valence-corrected chi connectivity index (χ0v) is 11.2. The fraction of sp³-hybridized carbons (Fsp3) is 0.692. The first-order chi connectivity index (χ1) is 9.14. The maximum Gasteiger partial charge on any atom is 0.292 e. The van der Waals surface area contributed by atoms with Crippen molar-refractivity contribution in [1.29, 1.82) is 0 Å². The number of aryl methyl sites for hydroxylation is 1. The fourth-order valence-electron chi connectivity index (χ4n) is 3.02. The van der Waals surface area contributed by atoms with Crippen LogP contribution in [-0.2, 0) is 9.47 Å². The maximum atomic E-state index is 12.3. The Balaban J connectivity index is 1.78. The van der Waals surface area contributed by atoms with Crippen molar-refractivity contribution in [3.8, 4) is 0 Å². The van der Waals surface area contributed by atoms with Crippen LogP contribution in [0.4, 0.5) is 0 Å². The van der Waals surface area contributed by atoms with Gasteiger partial charge in [-0.25, -0.2) is 0 Å². The van der Waals surface area contributed by atoms with E-state index in [2.05, 4.69) is 5.16 Å². The molecule has 3 heterocycles. The largest absolute Gasteiger partial charge is 0.377 e. The maximum absolute atomic E-state index is 12.3. The second kappa shape index (κ2) is 4.61. The lowest BCUT2D eigenvalue weighted by molar-refractivity contribution is -0.0755. The van der Waals surface area contributed by atoms with Crippen molar-refractivity contribution in [3.63, 3.8) is 0 Å². The highest BCUT2D eigenvalue weighted by Gasteiger charge is 2.51. The summed E-state index contributed by atoms with van der Waals surface area (Å²) in [6.07, 6.45) is 1.89. The molecule has 2 atom stereocenters. The molecule has 1 aromatic heterocycles. The van der Waals surface area contributed by atoms with Gasteiger partial charge in [0.05, 0.1) is 18.8 Å². The SMILES string of the molecule is CO[C@H]1CN(C(=O)c2cc(C)no2)C[C@@]12CCCO2. The Kier molecular flexibility index (Phi) is 3.06. The number of rotatable bonds is 2. The summed E-state index contributed by atoms with van der Waals surface area (Å²) in [5.74, 6) is 0.137. The normalized spacial score (nSPS) is 30.4. The van der Waals surface area contributed by atoms with Crippen LogP contribution in [0.3, 0.4) is 0 Å². The van der Waals surface area contributed by atoms with Gasteiger partial charge in [0.1, 0.15) is 11.7 Å². The van der Waals surface area contributed by atoms with Crippen LogP contribution in [0, 0.1) is 6.92 Å². The van der Waals surface area contributed by atoms with Gasteiger partial charge in [-0.2, -0.15) is 0 Å². The number of nitrogens with zero attached hydrogens (tertiary/aromatic N) is 2. The van der Waals surface area contributed by atoms with Crippen LogP contribution in [0.5, 0.6) is 0 Å². The van der Waals surface area contributed by atoms with E-state index in [-0.39, 0.29) is 23.4 Å². The monoisotopic (exact) mass is 266 g/mol. The van der Waals surface area contributed by atoms with Crippen molar-refractivity contribution in [2.45, 2.75) is 31.5 Å². The number of hydrogen-bond acceptors (Lipinski definition) is 5. The third kappa shape index (κ3) is 2.04. The highest BCUT2D eigenvalue weighted by Crippen LogP contribution is 2.37. The van der Waals surface area contributed by atoms with Crippen molar-refractivity contribution >= 4 is 5.91 Å². The van der Waals surface area contributed by atoms with Crippen LogP contribution in [0.1, 0.15) is 29.1 Å². The molecule has 104 valence electrons. The summed E-state index contributed by atoms with van der Waals surface area (Å²) in [7, 11) is 1.67. The molecule has 0 bridgehead atoms. The van der Waals surface area contributed by atoms with Crippen molar-refractivity contribution in [1.82, 2.24) is 10.1 Å². The van der Waals surface area contributed by atoms with Crippen molar-refractivity contribution < 1.29 is 18.8 Å². The Hall–Kier alpha value is -1.40. The zero-order valence-electron chi connectivity index (χ0n) is 11.2. The number of ether oxygens (including phenoxy) is 2. The number of methoxy groups -OCH3 is 1. The molecular weight excluding hydrogens is 248 g/mol.